The van der Waals surface area contributed by atoms with E-state index in [4.69, 9.17) is 27.9 Å². The maximum absolute atomic E-state index is 14.1. The number of benzene rings is 2. The number of amides is 1. The lowest BCUT2D eigenvalue weighted by molar-refractivity contribution is -0.163. The molecule has 2 aromatic rings. The highest BCUT2D eigenvalue weighted by Gasteiger charge is 2.54. The van der Waals surface area contributed by atoms with Crippen LogP contribution in [0.2, 0.25) is 10.0 Å². The van der Waals surface area contributed by atoms with Crippen molar-refractivity contribution in [3.63, 3.8) is 0 Å². The Kier molecular flexibility index (Phi) is 7.04. The summed E-state index contributed by atoms with van der Waals surface area (Å²) in [7, 11) is 1.34. The molecule has 7 heteroatoms. The van der Waals surface area contributed by atoms with E-state index in [1.165, 1.54) is 7.11 Å². The van der Waals surface area contributed by atoms with Crippen molar-refractivity contribution in [2.45, 2.75) is 50.6 Å². The fourth-order valence-electron chi connectivity index (χ4n) is 5.25. The molecule has 1 saturated carbocycles. The average Bonchev–Trinajstić information content (AvgIpc) is 3.63. The molecule has 2 unspecified atom stereocenters. The van der Waals surface area contributed by atoms with E-state index in [0.29, 0.717) is 16.5 Å². The number of ether oxygens (including phenoxy) is 1. The van der Waals surface area contributed by atoms with E-state index in [0.717, 1.165) is 24.0 Å². The zero-order valence-electron chi connectivity index (χ0n) is 18.8. The van der Waals surface area contributed by atoms with E-state index in [-0.39, 0.29) is 42.9 Å². The topological polar surface area (TPSA) is 66.8 Å². The minimum absolute atomic E-state index is 0.0218. The number of rotatable bonds is 7. The van der Waals surface area contributed by atoms with Gasteiger partial charge in [0.25, 0.3) is 0 Å². The predicted molar refractivity (Wildman–Crippen MR) is 128 cm³/mol. The number of hydrogen-bond donors (Lipinski definition) is 1. The highest BCUT2D eigenvalue weighted by molar-refractivity contribution is 6.30. The van der Waals surface area contributed by atoms with E-state index >= 15 is 0 Å². The maximum atomic E-state index is 14.1. The molecular weight excluding hydrogens is 461 g/mol. The van der Waals surface area contributed by atoms with Crippen molar-refractivity contribution >= 4 is 35.1 Å². The monoisotopic (exact) mass is 489 g/mol. The molecule has 4 atom stereocenters. The zero-order valence-corrected chi connectivity index (χ0v) is 20.4. The van der Waals surface area contributed by atoms with Gasteiger partial charge in [-0.1, -0.05) is 54.4 Å². The fourth-order valence-corrected chi connectivity index (χ4v) is 5.57. The number of halogens is 2. The first-order chi connectivity index (χ1) is 15.8. The lowest BCUT2D eigenvalue weighted by Gasteiger charge is -2.52. The van der Waals surface area contributed by atoms with Crippen LogP contribution in [0.4, 0.5) is 0 Å². The molecule has 33 heavy (non-hydrogen) atoms. The second kappa shape index (κ2) is 9.65. The van der Waals surface area contributed by atoms with E-state index in [9.17, 15) is 14.7 Å². The lowest BCUT2D eigenvalue weighted by Crippen LogP contribution is -2.57. The highest BCUT2D eigenvalue weighted by atomic mass is 35.5. The molecule has 176 valence electrons. The molecule has 4 rings (SSSR count). The molecule has 2 fully saturated rings. The number of aliphatic hydroxyl groups is 1. The van der Waals surface area contributed by atoms with Crippen LogP contribution in [-0.4, -0.2) is 41.6 Å². The van der Waals surface area contributed by atoms with Crippen molar-refractivity contribution in [2.24, 2.45) is 11.3 Å². The van der Waals surface area contributed by atoms with Crippen molar-refractivity contribution in [3.8, 4) is 0 Å². The van der Waals surface area contributed by atoms with Crippen LogP contribution in [0.3, 0.4) is 0 Å². The van der Waals surface area contributed by atoms with Crippen LogP contribution in [0, 0.1) is 11.3 Å². The summed E-state index contributed by atoms with van der Waals surface area (Å²) in [6.07, 6.45) is 2.37. The molecule has 1 aliphatic carbocycles. The number of piperidine rings is 1. The van der Waals surface area contributed by atoms with Crippen LogP contribution < -0.4 is 0 Å². The van der Waals surface area contributed by atoms with E-state index in [1.54, 1.807) is 0 Å². The lowest BCUT2D eigenvalue weighted by atomic mass is 9.67. The fraction of sp³-hybridized carbons (Fsp3) is 0.462. The molecule has 0 spiro atoms. The van der Waals surface area contributed by atoms with Gasteiger partial charge in [-0.2, -0.15) is 0 Å². The molecule has 2 aliphatic rings. The van der Waals surface area contributed by atoms with Crippen molar-refractivity contribution in [1.82, 2.24) is 4.90 Å². The van der Waals surface area contributed by atoms with E-state index in [1.807, 2.05) is 60.4 Å². The SMILES string of the molecule is COC(=O)C[C@@]1(C)CC(c2cccc(Cl)c2)C(c2ccc(Cl)cc2)N([C@H](CO)C2CC2)C1=O. The zero-order chi connectivity index (χ0) is 23.8. The Hall–Kier alpha value is -2.08. The van der Waals surface area contributed by atoms with Crippen molar-refractivity contribution < 1.29 is 19.4 Å². The quantitative estimate of drug-likeness (QED) is 0.529. The Morgan fingerprint density at radius 2 is 1.85 bits per heavy atom. The van der Waals surface area contributed by atoms with Crippen molar-refractivity contribution in [2.75, 3.05) is 13.7 Å². The van der Waals surface area contributed by atoms with Crippen LogP contribution in [0.5, 0.6) is 0 Å². The molecular formula is C26H29Cl2NO4. The summed E-state index contributed by atoms with van der Waals surface area (Å²) in [6.45, 7) is 1.70. The third-order valence-electron chi connectivity index (χ3n) is 7.06. The number of likely N-dealkylation sites (tertiary alicyclic amines) is 1. The van der Waals surface area contributed by atoms with E-state index in [2.05, 4.69) is 0 Å². The first-order valence-electron chi connectivity index (χ1n) is 11.3. The third kappa shape index (κ3) is 4.91. The van der Waals surface area contributed by atoms with Gasteiger partial charge in [0.15, 0.2) is 0 Å². The molecule has 0 bridgehead atoms. The van der Waals surface area contributed by atoms with Gasteiger partial charge >= 0.3 is 5.97 Å². The number of aliphatic hydroxyl groups excluding tert-OH is 1. The number of nitrogens with zero attached hydrogens (tertiary/aromatic N) is 1. The van der Waals surface area contributed by atoms with Gasteiger partial charge in [-0.25, -0.2) is 0 Å². The molecule has 1 saturated heterocycles. The molecule has 0 radical (unpaired) electrons. The standard InChI is InChI=1S/C26H29Cl2NO4/c1-26(14-23(31)33-2)13-21(18-4-3-5-20(28)12-18)24(17-8-10-19(27)11-9-17)29(25(26)32)22(15-30)16-6-7-16/h3-5,8-12,16,21-22,24,30H,6-7,13-15H2,1-2H3/t21?,22-,24?,26-/m1/s1. The van der Waals surface area contributed by atoms with Crippen LogP contribution in [-0.2, 0) is 14.3 Å². The largest absolute Gasteiger partial charge is 0.469 e. The molecule has 1 heterocycles. The van der Waals surface area contributed by atoms with Crippen molar-refractivity contribution in [1.29, 1.82) is 0 Å². The Labute approximate surface area is 204 Å². The summed E-state index contributed by atoms with van der Waals surface area (Å²) in [4.78, 5) is 28.3. The highest BCUT2D eigenvalue weighted by Crippen LogP contribution is 2.54. The Balaban J connectivity index is 1.88. The molecule has 1 amide bonds. The molecule has 0 aromatic heterocycles. The maximum Gasteiger partial charge on any atom is 0.306 e. The van der Waals surface area contributed by atoms with Crippen molar-refractivity contribution in [3.05, 3.63) is 69.7 Å². The second-order valence-corrected chi connectivity index (χ2v) is 10.3. The second-order valence-electron chi connectivity index (χ2n) is 9.48. The van der Waals surface area contributed by atoms with Gasteiger partial charge in [0.05, 0.1) is 37.6 Å². The summed E-state index contributed by atoms with van der Waals surface area (Å²) in [5.74, 6) is -0.441. The van der Waals surface area contributed by atoms with Crippen LogP contribution in [0.25, 0.3) is 0 Å². The van der Waals surface area contributed by atoms with Crippen LogP contribution >= 0.6 is 23.2 Å². The van der Waals surface area contributed by atoms with Gasteiger partial charge in [0, 0.05) is 16.0 Å². The number of carbonyl (C=O) groups excluding carboxylic acids is 2. The summed E-state index contributed by atoms with van der Waals surface area (Å²) in [5, 5.41) is 11.6. The number of esters is 1. The minimum Gasteiger partial charge on any atom is -0.469 e. The molecule has 1 aliphatic heterocycles. The molecule has 5 nitrogen and oxygen atoms in total. The number of methoxy groups -OCH3 is 1. The smallest absolute Gasteiger partial charge is 0.306 e. The van der Waals surface area contributed by atoms with Crippen LogP contribution in [0.1, 0.15) is 55.7 Å². The minimum atomic E-state index is -0.967. The normalized spacial score (nSPS) is 26.2. The van der Waals surface area contributed by atoms with Gasteiger partial charge in [-0.05, 0) is 60.6 Å². The Bertz CT molecular complexity index is 1020. The molecule has 2 aromatic carbocycles. The van der Waals surface area contributed by atoms with Gasteiger partial charge in [-0.3, -0.25) is 9.59 Å². The van der Waals surface area contributed by atoms with Crippen LogP contribution in [0.15, 0.2) is 48.5 Å². The number of carbonyl (C=O) groups is 2. The predicted octanol–water partition coefficient (Wildman–Crippen LogP) is 5.39. The number of hydrogen-bond acceptors (Lipinski definition) is 4. The average molecular weight is 490 g/mol. The summed E-state index contributed by atoms with van der Waals surface area (Å²) in [6, 6.07) is 14.5. The third-order valence-corrected chi connectivity index (χ3v) is 7.55. The first-order valence-corrected chi connectivity index (χ1v) is 12.0. The summed E-state index contributed by atoms with van der Waals surface area (Å²) in [5.41, 5.74) is 0.964. The molecule has 1 N–H and O–H groups in total. The Morgan fingerprint density at radius 1 is 1.15 bits per heavy atom. The van der Waals surface area contributed by atoms with Gasteiger partial charge < -0.3 is 14.7 Å². The summed E-state index contributed by atoms with van der Waals surface area (Å²) >= 11 is 12.5. The first kappa shape index (κ1) is 24.1. The Morgan fingerprint density at radius 3 is 2.42 bits per heavy atom. The van der Waals surface area contributed by atoms with E-state index < -0.39 is 11.4 Å². The van der Waals surface area contributed by atoms with Gasteiger partial charge in [0.1, 0.15) is 0 Å². The van der Waals surface area contributed by atoms with Gasteiger partial charge in [0.2, 0.25) is 5.91 Å². The van der Waals surface area contributed by atoms with Gasteiger partial charge in [-0.15, -0.1) is 0 Å². The summed E-state index contributed by atoms with van der Waals surface area (Å²) < 4.78 is 4.94.